The smallest absolute Gasteiger partial charge is 0.261 e. The highest BCUT2D eigenvalue weighted by Crippen LogP contribution is 2.31. The molecule has 1 amide bonds. The first-order valence-corrected chi connectivity index (χ1v) is 11.4. The molecule has 10 nitrogen and oxygen atoms in total. The molecule has 0 unspecified atom stereocenters. The Morgan fingerprint density at radius 2 is 2.06 bits per heavy atom. The maximum atomic E-state index is 13.2. The maximum absolute atomic E-state index is 13.2. The number of nitrogens with two attached hydrogens (primary N) is 1. The van der Waals surface area contributed by atoms with Crippen LogP contribution in [0.4, 0.5) is 17.2 Å². The van der Waals surface area contributed by atoms with Gasteiger partial charge in [0.1, 0.15) is 17.1 Å². The largest absolute Gasteiger partial charge is 0.494 e. The molecular weight excluding hydrogens is 420 g/mol. The molecular formula is C23H30N8O2. The van der Waals surface area contributed by atoms with Crippen molar-refractivity contribution in [2.45, 2.75) is 18.9 Å². The van der Waals surface area contributed by atoms with Gasteiger partial charge < -0.3 is 30.9 Å². The van der Waals surface area contributed by atoms with Gasteiger partial charge in [0.05, 0.1) is 19.0 Å². The Labute approximate surface area is 192 Å². The van der Waals surface area contributed by atoms with Crippen LogP contribution in [0.5, 0.6) is 5.75 Å². The number of anilines is 3. The first-order valence-electron chi connectivity index (χ1n) is 11.4. The molecule has 2 saturated heterocycles. The molecule has 2 fully saturated rings. The van der Waals surface area contributed by atoms with E-state index < -0.39 is 0 Å². The van der Waals surface area contributed by atoms with E-state index in [0.29, 0.717) is 22.6 Å². The van der Waals surface area contributed by atoms with E-state index in [2.05, 4.69) is 25.5 Å². The molecule has 0 bridgehead atoms. The van der Waals surface area contributed by atoms with Crippen molar-refractivity contribution in [3.8, 4) is 5.75 Å². The summed E-state index contributed by atoms with van der Waals surface area (Å²) in [6.45, 7) is 5.45. The van der Waals surface area contributed by atoms with Crippen molar-refractivity contribution in [2.75, 3.05) is 61.5 Å². The van der Waals surface area contributed by atoms with Crippen molar-refractivity contribution in [1.82, 2.24) is 19.9 Å². The fourth-order valence-corrected chi connectivity index (χ4v) is 4.51. The number of rotatable bonds is 5. The number of hydrogen-bond acceptors (Lipinski definition) is 8. The summed E-state index contributed by atoms with van der Waals surface area (Å²) in [5.41, 5.74) is 8.75. The molecule has 3 aromatic rings. The fourth-order valence-electron chi connectivity index (χ4n) is 4.51. The lowest BCUT2D eigenvalue weighted by Crippen LogP contribution is -2.43. The molecule has 2 aliphatic heterocycles. The average Bonchev–Trinajstić information content (AvgIpc) is 3.28. The van der Waals surface area contributed by atoms with E-state index in [9.17, 15) is 4.79 Å². The number of hydrogen-bond donors (Lipinski definition) is 3. The second-order valence-corrected chi connectivity index (χ2v) is 8.54. The molecule has 10 heteroatoms. The number of aromatic nitrogens is 3. The minimum Gasteiger partial charge on any atom is -0.494 e. The van der Waals surface area contributed by atoms with Crippen molar-refractivity contribution < 1.29 is 9.53 Å². The summed E-state index contributed by atoms with van der Waals surface area (Å²) in [6, 6.07) is 7.91. The van der Waals surface area contributed by atoms with Crippen LogP contribution >= 0.6 is 0 Å². The quantitative estimate of drug-likeness (QED) is 0.534. The molecule has 174 valence electrons. The molecule has 0 aliphatic carbocycles. The molecule has 0 spiro atoms. The van der Waals surface area contributed by atoms with Gasteiger partial charge in [-0.15, -0.1) is 0 Å². The zero-order valence-electron chi connectivity index (χ0n) is 18.8. The van der Waals surface area contributed by atoms with Gasteiger partial charge in [-0.2, -0.15) is 5.10 Å². The molecule has 5 rings (SSSR count). The second kappa shape index (κ2) is 9.24. The zero-order valence-corrected chi connectivity index (χ0v) is 18.8. The first-order chi connectivity index (χ1) is 16.1. The number of benzene rings is 1. The van der Waals surface area contributed by atoms with Crippen LogP contribution in [0.3, 0.4) is 0 Å². The van der Waals surface area contributed by atoms with E-state index in [1.807, 2.05) is 30.5 Å². The summed E-state index contributed by atoms with van der Waals surface area (Å²) in [4.78, 5) is 22.4. The summed E-state index contributed by atoms with van der Waals surface area (Å²) < 4.78 is 7.20. The van der Waals surface area contributed by atoms with Gasteiger partial charge in [-0.25, -0.2) is 9.50 Å². The minimum absolute atomic E-state index is 0.140. The Morgan fingerprint density at radius 3 is 2.85 bits per heavy atom. The van der Waals surface area contributed by atoms with Gasteiger partial charge in [-0.1, -0.05) is 0 Å². The van der Waals surface area contributed by atoms with Crippen LogP contribution in [0, 0.1) is 0 Å². The summed E-state index contributed by atoms with van der Waals surface area (Å²) >= 11 is 0. The third-order valence-electron chi connectivity index (χ3n) is 6.30. The summed E-state index contributed by atoms with van der Waals surface area (Å²) in [7, 11) is 1.61. The Kier molecular flexibility index (Phi) is 6.01. The van der Waals surface area contributed by atoms with Crippen LogP contribution < -0.4 is 30.9 Å². The van der Waals surface area contributed by atoms with Gasteiger partial charge in [-0.3, -0.25) is 4.79 Å². The molecule has 0 radical (unpaired) electrons. The third-order valence-corrected chi connectivity index (χ3v) is 6.30. The molecule has 1 atom stereocenters. The highest BCUT2D eigenvalue weighted by Gasteiger charge is 2.21. The van der Waals surface area contributed by atoms with Crippen molar-refractivity contribution >= 4 is 28.7 Å². The van der Waals surface area contributed by atoms with E-state index in [4.69, 9.17) is 15.5 Å². The molecule has 0 saturated carbocycles. The number of nitrogens with one attached hydrogen (secondary N) is 2. The van der Waals surface area contributed by atoms with Gasteiger partial charge in [0, 0.05) is 63.3 Å². The highest BCUT2D eigenvalue weighted by atomic mass is 16.5. The average molecular weight is 451 g/mol. The van der Waals surface area contributed by atoms with Crippen LogP contribution in [0.1, 0.15) is 23.2 Å². The Balaban J connectivity index is 1.38. The van der Waals surface area contributed by atoms with Gasteiger partial charge in [0.25, 0.3) is 5.91 Å². The van der Waals surface area contributed by atoms with Crippen LogP contribution in [-0.2, 0) is 0 Å². The predicted octanol–water partition coefficient (Wildman–Crippen LogP) is 1.33. The summed E-state index contributed by atoms with van der Waals surface area (Å²) in [5.74, 6) is 1.15. The second-order valence-electron chi connectivity index (χ2n) is 8.54. The number of amides is 1. The number of nitrogens with zero attached hydrogens (tertiary/aromatic N) is 5. The van der Waals surface area contributed by atoms with E-state index in [1.54, 1.807) is 17.8 Å². The normalized spacial score (nSPS) is 19.0. The summed E-state index contributed by atoms with van der Waals surface area (Å²) in [6.07, 6.45) is 5.43. The Bertz CT molecular complexity index is 1140. The monoisotopic (exact) mass is 450 g/mol. The van der Waals surface area contributed by atoms with Crippen LogP contribution in [0.15, 0.2) is 36.7 Å². The number of carbonyl (C=O) groups excluding carboxylic acids is 1. The molecule has 4 N–H and O–H groups in total. The topological polar surface area (TPSA) is 113 Å². The zero-order chi connectivity index (χ0) is 22.8. The highest BCUT2D eigenvalue weighted by molar-refractivity contribution is 6.08. The van der Waals surface area contributed by atoms with E-state index >= 15 is 0 Å². The van der Waals surface area contributed by atoms with E-state index in [0.717, 1.165) is 63.6 Å². The number of ether oxygens (including phenoxy) is 1. The van der Waals surface area contributed by atoms with E-state index in [-0.39, 0.29) is 11.9 Å². The lowest BCUT2D eigenvalue weighted by molar-refractivity contribution is 0.102. The van der Waals surface area contributed by atoms with Gasteiger partial charge >= 0.3 is 0 Å². The van der Waals surface area contributed by atoms with Crippen molar-refractivity contribution in [2.24, 2.45) is 5.73 Å². The molecule has 2 aromatic heterocycles. The molecule has 2 aliphatic rings. The minimum atomic E-state index is -0.279. The number of carbonyl (C=O) groups is 1. The van der Waals surface area contributed by atoms with Crippen LogP contribution in [-0.4, -0.2) is 72.9 Å². The molecule has 4 heterocycles. The standard InChI is InChI=1S/C23H30N8O2/c1-33-20-13-17(29-11-7-25-8-12-29)4-5-19(20)27-23(32)18-14-26-31-10-6-21(28-22(18)31)30-9-2-3-16(24)15-30/h4-6,10,13-14,16,25H,2-3,7-9,11-12,15,24H2,1H3,(H,27,32)/t16-/m1/s1. The van der Waals surface area contributed by atoms with Crippen molar-refractivity contribution in [3.05, 3.63) is 42.2 Å². The lowest BCUT2D eigenvalue weighted by atomic mass is 10.1. The van der Waals surface area contributed by atoms with Gasteiger partial charge in [0.2, 0.25) is 0 Å². The summed E-state index contributed by atoms with van der Waals surface area (Å²) in [5, 5.41) is 10.6. The number of piperazine rings is 1. The first kappa shape index (κ1) is 21.5. The van der Waals surface area contributed by atoms with E-state index in [1.165, 1.54) is 0 Å². The number of piperidine rings is 1. The predicted molar refractivity (Wildman–Crippen MR) is 128 cm³/mol. The van der Waals surface area contributed by atoms with Crippen molar-refractivity contribution in [3.63, 3.8) is 0 Å². The van der Waals surface area contributed by atoms with Gasteiger partial charge in [-0.05, 0) is 31.0 Å². The van der Waals surface area contributed by atoms with Crippen LogP contribution in [0.25, 0.3) is 5.65 Å². The SMILES string of the molecule is COc1cc(N2CCNCC2)ccc1NC(=O)c1cnn2ccc(N3CCC[C@@H](N)C3)nc12. The lowest BCUT2D eigenvalue weighted by Gasteiger charge is -2.31. The number of methoxy groups -OCH3 is 1. The number of fused-ring (bicyclic) bond motifs is 1. The Hall–Kier alpha value is -3.37. The fraction of sp³-hybridized carbons (Fsp3) is 0.435. The Morgan fingerprint density at radius 1 is 1.21 bits per heavy atom. The third kappa shape index (κ3) is 4.44. The van der Waals surface area contributed by atoms with Crippen LogP contribution in [0.2, 0.25) is 0 Å². The maximum Gasteiger partial charge on any atom is 0.261 e. The van der Waals surface area contributed by atoms with Gasteiger partial charge in [0.15, 0.2) is 5.65 Å². The van der Waals surface area contributed by atoms with Crippen molar-refractivity contribution in [1.29, 1.82) is 0 Å². The molecule has 1 aromatic carbocycles. The molecule has 33 heavy (non-hydrogen) atoms.